The molecule has 5 heteroatoms. The minimum atomic E-state index is -0.252. The van der Waals surface area contributed by atoms with E-state index in [1.54, 1.807) is 6.07 Å². The molecular weight excluding hydrogens is 279 g/mol. The van der Waals surface area contributed by atoms with Crippen molar-refractivity contribution in [1.29, 1.82) is 0 Å². The van der Waals surface area contributed by atoms with Gasteiger partial charge in [-0.1, -0.05) is 19.1 Å². The Kier molecular flexibility index (Phi) is 6.43. The van der Waals surface area contributed by atoms with Gasteiger partial charge in [0.15, 0.2) is 0 Å². The third-order valence-electron chi connectivity index (χ3n) is 3.78. The van der Waals surface area contributed by atoms with Crippen LogP contribution in [0.5, 0.6) is 0 Å². The predicted octanol–water partition coefficient (Wildman–Crippen LogP) is 2.38. The van der Waals surface area contributed by atoms with Crippen molar-refractivity contribution >= 4 is 18.3 Å². The van der Waals surface area contributed by atoms with Gasteiger partial charge in [0.1, 0.15) is 5.82 Å². The molecule has 0 aliphatic carbocycles. The summed E-state index contributed by atoms with van der Waals surface area (Å²) in [5, 5.41) is 0. The number of amides is 1. The zero-order valence-electron chi connectivity index (χ0n) is 11.7. The van der Waals surface area contributed by atoms with Crippen LogP contribution in [0.1, 0.15) is 25.3 Å². The van der Waals surface area contributed by atoms with Crippen LogP contribution in [0.25, 0.3) is 0 Å². The maximum absolute atomic E-state index is 13.1. The van der Waals surface area contributed by atoms with Gasteiger partial charge in [0.05, 0.1) is 0 Å². The number of carbonyl (C=O) groups is 1. The molecule has 0 bridgehead atoms. The van der Waals surface area contributed by atoms with Gasteiger partial charge in [-0.15, -0.1) is 12.4 Å². The Bertz CT molecular complexity index is 455. The van der Waals surface area contributed by atoms with Crippen LogP contribution in [-0.4, -0.2) is 29.9 Å². The van der Waals surface area contributed by atoms with Crippen molar-refractivity contribution in [3.8, 4) is 0 Å². The number of rotatable bonds is 4. The molecule has 1 aliphatic rings. The van der Waals surface area contributed by atoms with Crippen LogP contribution in [0, 0.1) is 11.7 Å². The first-order valence-electron chi connectivity index (χ1n) is 6.87. The summed E-state index contributed by atoms with van der Waals surface area (Å²) in [6, 6.07) is 6.63. The first kappa shape index (κ1) is 16.9. The number of nitrogens with two attached hydrogens (primary N) is 1. The molecule has 112 valence electrons. The van der Waals surface area contributed by atoms with Crippen molar-refractivity contribution in [1.82, 2.24) is 4.90 Å². The van der Waals surface area contributed by atoms with Gasteiger partial charge in [-0.3, -0.25) is 4.79 Å². The summed E-state index contributed by atoms with van der Waals surface area (Å²) in [6.07, 6.45) is 2.60. The molecule has 1 amide bonds. The fraction of sp³-hybridized carbons (Fsp3) is 0.533. The standard InChI is InChI=1S/C15H21FN2O.ClH/c1-11(8-12-4-2-5-13(16)9-12)15(19)18-7-3-6-14(18)10-17;/h2,4-5,9,11,14H,3,6-8,10,17H2,1H3;1H. The molecule has 0 spiro atoms. The third kappa shape index (κ3) is 3.93. The highest BCUT2D eigenvalue weighted by molar-refractivity contribution is 5.85. The summed E-state index contributed by atoms with van der Waals surface area (Å²) in [6.45, 7) is 3.23. The van der Waals surface area contributed by atoms with Crippen molar-refractivity contribution < 1.29 is 9.18 Å². The molecule has 1 aromatic carbocycles. The van der Waals surface area contributed by atoms with E-state index < -0.39 is 0 Å². The first-order valence-corrected chi connectivity index (χ1v) is 6.87. The van der Waals surface area contributed by atoms with Crippen LogP contribution in [-0.2, 0) is 11.2 Å². The van der Waals surface area contributed by atoms with Gasteiger partial charge in [-0.25, -0.2) is 4.39 Å². The van der Waals surface area contributed by atoms with Gasteiger partial charge in [-0.05, 0) is 37.0 Å². The number of halogens is 2. The molecule has 2 atom stereocenters. The maximum atomic E-state index is 13.1. The maximum Gasteiger partial charge on any atom is 0.226 e. The lowest BCUT2D eigenvalue weighted by Gasteiger charge is -2.26. The second kappa shape index (κ2) is 7.60. The van der Waals surface area contributed by atoms with E-state index in [0.717, 1.165) is 24.9 Å². The molecule has 1 aliphatic heterocycles. The van der Waals surface area contributed by atoms with E-state index in [2.05, 4.69) is 0 Å². The van der Waals surface area contributed by atoms with E-state index in [1.165, 1.54) is 12.1 Å². The lowest BCUT2D eigenvalue weighted by molar-refractivity contribution is -0.135. The Morgan fingerprint density at radius 1 is 1.55 bits per heavy atom. The van der Waals surface area contributed by atoms with Crippen LogP contribution in [0.2, 0.25) is 0 Å². The van der Waals surface area contributed by atoms with Crippen molar-refractivity contribution in [2.75, 3.05) is 13.1 Å². The summed E-state index contributed by atoms with van der Waals surface area (Å²) in [5.41, 5.74) is 6.56. The van der Waals surface area contributed by atoms with Crippen LogP contribution in [0.15, 0.2) is 24.3 Å². The highest BCUT2D eigenvalue weighted by Gasteiger charge is 2.30. The molecule has 1 saturated heterocycles. The molecule has 1 fully saturated rings. The Morgan fingerprint density at radius 2 is 2.30 bits per heavy atom. The smallest absolute Gasteiger partial charge is 0.226 e. The van der Waals surface area contributed by atoms with Gasteiger partial charge in [0.2, 0.25) is 5.91 Å². The largest absolute Gasteiger partial charge is 0.338 e. The zero-order valence-corrected chi connectivity index (χ0v) is 12.5. The van der Waals surface area contributed by atoms with Gasteiger partial charge < -0.3 is 10.6 Å². The van der Waals surface area contributed by atoms with Gasteiger partial charge >= 0.3 is 0 Å². The number of hydrogen-bond acceptors (Lipinski definition) is 2. The van der Waals surface area contributed by atoms with Crippen molar-refractivity contribution in [2.45, 2.75) is 32.2 Å². The van der Waals surface area contributed by atoms with E-state index in [1.807, 2.05) is 17.9 Å². The van der Waals surface area contributed by atoms with Gasteiger partial charge in [-0.2, -0.15) is 0 Å². The number of nitrogens with zero attached hydrogens (tertiary/aromatic N) is 1. The Balaban J connectivity index is 0.00000200. The SMILES string of the molecule is CC(Cc1cccc(F)c1)C(=O)N1CCCC1CN.Cl. The summed E-state index contributed by atoms with van der Waals surface area (Å²) < 4.78 is 13.1. The van der Waals surface area contributed by atoms with E-state index >= 15 is 0 Å². The van der Waals surface area contributed by atoms with Crippen LogP contribution in [0.3, 0.4) is 0 Å². The van der Waals surface area contributed by atoms with Crippen molar-refractivity contribution in [3.63, 3.8) is 0 Å². The highest BCUT2D eigenvalue weighted by Crippen LogP contribution is 2.21. The highest BCUT2D eigenvalue weighted by atomic mass is 35.5. The molecular formula is C15H22ClFN2O. The molecule has 20 heavy (non-hydrogen) atoms. The minimum absolute atomic E-state index is 0. The molecule has 2 N–H and O–H groups in total. The summed E-state index contributed by atoms with van der Waals surface area (Å²) in [4.78, 5) is 14.3. The van der Waals surface area contributed by atoms with E-state index in [9.17, 15) is 9.18 Å². The average Bonchev–Trinajstić information content (AvgIpc) is 2.86. The topological polar surface area (TPSA) is 46.3 Å². The monoisotopic (exact) mass is 300 g/mol. The second-order valence-corrected chi connectivity index (χ2v) is 5.30. The number of hydrogen-bond donors (Lipinski definition) is 1. The van der Waals surface area contributed by atoms with Crippen molar-refractivity contribution in [3.05, 3.63) is 35.6 Å². The Morgan fingerprint density at radius 3 is 2.95 bits per heavy atom. The Labute approximate surface area is 125 Å². The van der Waals surface area contributed by atoms with E-state index in [4.69, 9.17) is 5.73 Å². The number of benzene rings is 1. The van der Waals surface area contributed by atoms with Gasteiger partial charge in [0, 0.05) is 25.0 Å². The van der Waals surface area contributed by atoms with Gasteiger partial charge in [0.25, 0.3) is 0 Å². The quantitative estimate of drug-likeness (QED) is 0.928. The molecule has 1 aromatic rings. The van der Waals surface area contributed by atoms with E-state index in [0.29, 0.717) is 13.0 Å². The predicted molar refractivity (Wildman–Crippen MR) is 80.3 cm³/mol. The second-order valence-electron chi connectivity index (χ2n) is 5.30. The minimum Gasteiger partial charge on any atom is -0.338 e. The molecule has 2 rings (SSSR count). The molecule has 0 aromatic heterocycles. The van der Waals surface area contributed by atoms with Crippen LogP contribution in [0.4, 0.5) is 4.39 Å². The Hall–Kier alpha value is -1.13. The average molecular weight is 301 g/mol. The van der Waals surface area contributed by atoms with Crippen molar-refractivity contribution in [2.24, 2.45) is 11.7 Å². The van der Waals surface area contributed by atoms with Crippen LogP contribution < -0.4 is 5.73 Å². The van der Waals surface area contributed by atoms with E-state index in [-0.39, 0.29) is 36.1 Å². The molecule has 0 radical (unpaired) electrons. The molecule has 1 heterocycles. The molecule has 3 nitrogen and oxygen atoms in total. The number of carbonyl (C=O) groups excluding carboxylic acids is 1. The molecule has 0 saturated carbocycles. The summed E-state index contributed by atoms with van der Waals surface area (Å²) in [5.74, 6) is -0.246. The fourth-order valence-corrected chi connectivity index (χ4v) is 2.76. The summed E-state index contributed by atoms with van der Waals surface area (Å²) >= 11 is 0. The fourth-order valence-electron chi connectivity index (χ4n) is 2.76. The third-order valence-corrected chi connectivity index (χ3v) is 3.78. The number of likely N-dealkylation sites (tertiary alicyclic amines) is 1. The lowest BCUT2D eigenvalue weighted by atomic mass is 9.99. The van der Waals surface area contributed by atoms with Crippen LogP contribution >= 0.6 is 12.4 Å². The summed E-state index contributed by atoms with van der Waals surface area (Å²) in [7, 11) is 0. The molecule has 2 unspecified atom stereocenters. The lowest BCUT2D eigenvalue weighted by Crippen LogP contribution is -2.42. The first-order chi connectivity index (χ1) is 9.11. The zero-order chi connectivity index (χ0) is 13.8. The normalized spacial score (nSPS) is 19.6.